The molecule has 0 unspecified atom stereocenters. The summed E-state index contributed by atoms with van der Waals surface area (Å²) in [6, 6.07) is 0. The van der Waals surface area contributed by atoms with Crippen LogP contribution in [0.5, 0.6) is 0 Å². The van der Waals surface area contributed by atoms with Crippen molar-refractivity contribution in [3.63, 3.8) is 0 Å². The third-order valence-corrected chi connectivity index (χ3v) is 2.76. The summed E-state index contributed by atoms with van der Waals surface area (Å²) in [6.07, 6.45) is 10.4. The van der Waals surface area contributed by atoms with E-state index in [2.05, 4.69) is 26.7 Å². The Morgan fingerprint density at radius 1 is 0.800 bits per heavy atom. The second-order valence-electron chi connectivity index (χ2n) is 3.34. The Kier molecular flexibility index (Phi) is 3.24. The summed E-state index contributed by atoms with van der Waals surface area (Å²) in [5, 5.41) is 0. The maximum absolute atomic E-state index is 2.37. The number of hydrogen-bond acceptors (Lipinski definition) is 0. The highest BCUT2D eigenvalue weighted by molar-refractivity contribution is 4.83. The van der Waals surface area contributed by atoms with Gasteiger partial charge in [-0.1, -0.05) is 25.7 Å². The molecule has 0 amide bonds. The van der Waals surface area contributed by atoms with Gasteiger partial charge in [0.25, 0.3) is 0 Å². The second-order valence-corrected chi connectivity index (χ2v) is 3.34. The minimum absolute atomic E-state index is 0.927. The molecule has 0 bridgehead atoms. The quantitative estimate of drug-likeness (QED) is 0.514. The maximum Gasteiger partial charge on any atom is -0.0800 e. The van der Waals surface area contributed by atoms with E-state index in [4.69, 9.17) is 0 Å². The third kappa shape index (κ3) is 2.00. The lowest BCUT2D eigenvalue weighted by molar-refractivity contribution is 0.328. The van der Waals surface area contributed by atoms with Gasteiger partial charge in [-0.25, -0.2) is 0 Å². The molecule has 0 aliphatic heterocycles. The Labute approximate surface area is 65.0 Å². The molecule has 0 heterocycles. The van der Waals surface area contributed by atoms with Crippen LogP contribution in [-0.4, -0.2) is 0 Å². The van der Waals surface area contributed by atoms with Crippen molar-refractivity contribution in [3.8, 4) is 0 Å². The van der Waals surface area contributed by atoms with Gasteiger partial charge in [-0.3, -0.25) is 0 Å². The van der Waals surface area contributed by atoms with Crippen LogP contribution >= 0.6 is 0 Å². The van der Waals surface area contributed by atoms with Crippen LogP contribution in [0.3, 0.4) is 0 Å². The summed E-state index contributed by atoms with van der Waals surface area (Å²) < 4.78 is 0. The molecular weight excluding hydrogens is 120 g/mol. The Morgan fingerprint density at radius 3 is 1.30 bits per heavy atom. The molecule has 0 heteroatoms. The average molecular weight is 138 g/mol. The van der Waals surface area contributed by atoms with E-state index in [-0.39, 0.29) is 0 Å². The molecule has 1 fully saturated rings. The van der Waals surface area contributed by atoms with Crippen LogP contribution in [0.15, 0.2) is 0 Å². The minimum atomic E-state index is 0.927. The van der Waals surface area contributed by atoms with Crippen molar-refractivity contribution in [2.75, 3.05) is 0 Å². The van der Waals surface area contributed by atoms with Gasteiger partial charge in [0.2, 0.25) is 0 Å². The van der Waals surface area contributed by atoms with E-state index in [1.807, 2.05) is 0 Å². The Balaban J connectivity index is 2.17. The topological polar surface area (TPSA) is 0 Å². The van der Waals surface area contributed by atoms with Gasteiger partial charge < -0.3 is 12.8 Å². The summed E-state index contributed by atoms with van der Waals surface area (Å²) in [7, 11) is 0. The van der Waals surface area contributed by atoms with Gasteiger partial charge in [-0.15, -0.1) is 0 Å². The van der Waals surface area contributed by atoms with Crippen LogP contribution in [0, 0.1) is 24.7 Å². The lowest BCUT2D eigenvalue weighted by atomic mass is 9.80. The fourth-order valence-electron chi connectivity index (χ4n) is 1.81. The zero-order chi connectivity index (χ0) is 7.40. The highest BCUT2D eigenvalue weighted by Gasteiger charge is 2.08. The fourth-order valence-corrected chi connectivity index (χ4v) is 1.81. The van der Waals surface area contributed by atoms with Gasteiger partial charge in [-0.05, 0) is 0 Å². The molecule has 0 nitrogen and oxygen atoms in total. The first-order valence-corrected chi connectivity index (χ1v) is 4.45. The zero-order valence-corrected chi connectivity index (χ0v) is 7.14. The van der Waals surface area contributed by atoms with Crippen molar-refractivity contribution < 1.29 is 0 Å². The normalized spacial score (nSPS) is 34.2. The van der Waals surface area contributed by atoms with E-state index >= 15 is 0 Å². The molecule has 0 aromatic rings. The maximum atomic E-state index is 2.37. The Bertz CT molecular complexity index is 66.0. The Hall–Kier alpha value is 0. The van der Waals surface area contributed by atoms with Gasteiger partial charge in [0, 0.05) is 0 Å². The molecule has 10 heavy (non-hydrogen) atoms. The van der Waals surface area contributed by atoms with Crippen LogP contribution in [0.1, 0.15) is 39.5 Å². The standard InChI is InChI=1S/C10H18/c1-3-9-5-7-10(4-2)8-6-9/h3-4,9-10H,5-8H2,1-2H3/q-2. The first-order valence-electron chi connectivity index (χ1n) is 4.45. The molecule has 60 valence electrons. The smallest absolute Gasteiger partial charge is 0.0800 e. The highest BCUT2D eigenvalue weighted by atomic mass is 14.2. The second kappa shape index (κ2) is 4.00. The first-order chi connectivity index (χ1) is 4.86. The van der Waals surface area contributed by atoms with E-state index < -0.39 is 0 Å². The monoisotopic (exact) mass is 138 g/mol. The molecule has 1 aliphatic carbocycles. The molecule has 0 spiro atoms. The Morgan fingerprint density at radius 2 is 1.10 bits per heavy atom. The molecule has 1 aliphatic rings. The molecule has 0 aromatic heterocycles. The summed E-state index contributed by atoms with van der Waals surface area (Å²) in [5.74, 6) is 1.85. The predicted octanol–water partition coefficient (Wildman–Crippen LogP) is 3.24. The van der Waals surface area contributed by atoms with E-state index in [0.717, 1.165) is 11.8 Å². The van der Waals surface area contributed by atoms with Crippen molar-refractivity contribution in [1.29, 1.82) is 0 Å². The molecule has 0 atom stereocenters. The van der Waals surface area contributed by atoms with Crippen LogP contribution in [-0.2, 0) is 0 Å². The molecule has 0 N–H and O–H groups in total. The summed E-state index contributed by atoms with van der Waals surface area (Å²) in [5.41, 5.74) is 0. The summed E-state index contributed by atoms with van der Waals surface area (Å²) in [4.78, 5) is 0. The van der Waals surface area contributed by atoms with Gasteiger partial charge in [0.1, 0.15) is 0 Å². The first kappa shape index (κ1) is 8.10. The molecule has 1 saturated carbocycles. The largest absolute Gasteiger partial charge is 0.328 e. The summed E-state index contributed by atoms with van der Waals surface area (Å²) >= 11 is 0. The molecular formula is C10H18-2. The lowest BCUT2D eigenvalue weighted by Crippen LogP contribution is -2.13. The molecule has 1 rings (SSSR count). The SMILES string of the molecule is C[CH-]C1CCC([CH-]C)CC1. The van der Waals surface area contributed by atoms with Crippen molar-refractivity contribution >= 4 is 0 Å². The van der Waals surface area contributed by atoms with Gasteiger partial charge in [0.05, 0.1) is 0 Å². The van der Waals surface area contributed by atoms with Gasteiger partial charge >= 0.3 is 0 Å². The van der Waals surface area contributed by atoms with Crippen molar-refractivity contribution in [2.24, 2.45) is 11.8 Å². The van der Waals surface area contributed by atoms with Crippen molar-refractivity contribution in [2.45, 2.75) is 39.5 Å². The van der Waals surface area contributed by atoms with Crippen molar-refractivity contribution in [1.82, 2.24) is 0 Å². The van der Waals surface area contributed by atoms with E-state index in [0.29, 0.717) is 0 Å². The third-order valence-electron chi connectivity index (χ3n) is 2.76. The number of hydrogen-bond donors (Lipinski definition) is 0. The van der Waals surface area contributed by atoms with E-state index in [9.17, 15) is 0 Å². The van der Waals surface area contributed by atoms with Crippen LogP contribution in [0.2, 0.25) is 0 Å². The van der Waals surface area contributed by atoms with Crippen LogP contribution in [0.4, 0.5) is 0 Å². The fraction of sp³-hybridized carbons (Fsp3) is 0.800. The summed E-state index contributed by atoms with van der Waals surface area (Å²) in [6.45, 7) is 4.39. The lowest BCUT2D eigenvalue weighted by Gasteiger charge is -2.36. The van der Waals surface area contributed by atoms with Crippen molar-refractivity contribution in [3.05, 3.63) is 12.8 Å². The van der Waals surface area contributed by atoms with Crippen LogP contribution in [0.25, 0.3) is 0 Å². The van der Waals surface area contributed by atoms with Crippen LogP contribution < -0.4 is 0 Å². The van der Waals surface area contributed by atoms with Gasteiger partial charge in [-0.2, -0.15) is 25.7 Å². The van der Waals surface area contributed by atoms with E-state index in [1.54, 1.807) is 0 Å². The highest BCUT2D eigenvalue weighted by Crippen LogP contribution is 2.31. The molecule has 0 radical (unpaired) electrons. The molecule has 0 saturated heterocycles. The van der Waals surface area contributed by atoms with Gasteiger partial charge in [0.15, 0.2) is 0 Å². The zero-order valence-electron chi connectivity index (χ0n) is 7.14. The minimum Gasteiger partial charge on any atom is -0.328 e. The molecule has 0 aromatic carbocycles. The predicted molar refractivity (Wildman–Crippen MR) is 45.4 cm³/mol. The van der Waals surface area contributed by atoms with E-state index in [1.165, 1.54) is 25.7 Å². The number of rotatable bonds is 2. The average Bonchev–Trinajstić information content (AvgIpc) is 2.05.